The van der Waals surface area contributed by atoms with Gasteiger partial charge in [-0.2, -0.15) is 4.99 Å². The molecule has 3 rings (SSSR count). The zero-order chi connectivity index (χ0) is 19.4. The van der Waals surface area contributed by atoms with E-state index in [0.29, 0.717) is 22.7 Å². The quantitative estimate of drug-likeness (QED) is 0.633. The Hall–Kier alpha value is -2.93. The van der Waals surface area contributed by atoms with E-state index in [2.05, 4.69) is 4.99 Å². The van der Waals surface area contributed by atoms with E-state index in [4.69, 9.17) is 9.47 Å². The van der Waals surface area contributed by atoms with Gasteiger partial charge < -0.3 is 14.0 Å². The molecular formula is C20H20N2O4S. The van der Waals surface area contributed by atoms with Gasteiger partial charge in [0.05, 0.1) is 30.9 Å². The van der Waals surface area contributed by atoms with Crippen molar-refractivity contribution in [3.63, 3.8) is 0 Å². The number of ether oxygens (including phenoxy) is 2. The van der Waals surface area contributed by atoms with E-state index in [9.17, 15) is 9.59 Å². The minimum absolute atomic E-state index is 0.208. The average molecular weight is 384 g/mol. The van der Waals surface area contributed by atoms with Crippen LogP contribution in [0.15, 0.2) is 47.5 Å². The summed E-state index contributed by atoms with van der Waals surface area (Å²) in [5, 5.41) is 0. The number of rotatable bonds is 5. The molecule has 0 N–H and O–H groups in total. The number of hydrogen-bond donors (Lipinski definition) is 0. The van der Waals surface area contributed by atoms with E-state index in [0.717, 1.165) is 15.8 Å². The second kappa shape index (κ2) is 8.18. The fraction of sp³-hybridized carbons (Fsp3) is 0.250. The highest BCUT2D eigenvalue weighted by Gasteiger charge is 2.11. The van der Waals surface area contributed by atoms with Crippen molar-refractivity contribution < 1.29 is 19.1 Å². The molecule has 1 heterocycles. The maximum absolute atomic E-state index is 12.6. The Morgan fingerprint density at radius 3 is 2.52 bits per heavy atom. The molecule has 1 aromatic heterocycles. The molecule has 3 aromatic rings. The smallest absolute Gasteiger partial charge is 0.307 e. The van der Waals surface area contributed by atoms with Crippen molar-refractivity contribution in [2.45, 2.75) is 19.9 Å². The summed E-state index contributed by atoms with van der Waals surface area (Å²) in [7, 11) is 2.94. The Morgan fingerprint density at radius 2 is 1.85 bits per heavy atom. The van der Waals surface area contributed by atoms with E-state index in [1.807, 2.05) is 29.7 Å². The van der Waals surface area contributed by atoms with Crippen molar-refractivity contribution in [1.82, 2.24) is 4.57 Å². The molecule has 6 nitrogen and oxygen atoms in total. The Labute approximate surface area is 160 Å². The molecule has 2 aromatic carbocycles. The van der Waals surface area contributed by atoms with Gasteiger partial charge in [0, 0.05) is 12.1 Å². The van der Waals surface area contributed by atoms with E-state index in [-0.39, 0.29) is 18.3 Å². The van der Waals surface area contributed by atoms with Crippen LogP contribution in [0, 0.1) is 6.92 Å². The summed E-state index contributed by atoms with van der Waals surface area (Å²) in [6, 6.07) is 12.8. The third-order valence-corrected chi connectivity index (χ3v) is 5.18. The maximum Gasteiger partial charge on any atom is 0.307 e. The van der Waals surface area contributed by atoms with Gasteiger partial charge in [-0.25, -0.2) is 0 Å². The lowest BCUT2D eigenvalue weighted by Crippen LogP contribution is -2.19. The Bertz CT molecular complexity index is 1050. The Morgan fingerprint density at radius 1 is 1.11 bits per heavy atom. The monoisotopic (exact) mass is 384 g/mol. The minimum Gasteiger partial charge on any atom is -0.497 e. The van der Waals surface area contributed by atoms with Crippen molar-refractivity contribution in [2.75, 3.05) is 14.2 Å². The number of esters is 1. The number of aromatic nitrogens is 1. The molecule has 0 saturated carbocycles. The van der Waals surface area contributed by atoms with Crippen LogP contribution >= 0.6 is 11.3 Å². The largest absolute Gasteiger partial charge is 0.497 e. The fourth-order valence-corrected chi connectivity index (χ4v) is 3.82. The van der Waals surface area contributed by atoms with E-state index >= 15 is 0 Å². The number of methoxy groups -OCH3 is 2. The first-order valence-corrected chi connectivity index (χ1v) is 9.23. The zero-order valence-electron chi connectivity index (χ0n) is 15.4. The molecule has 0 radical (unpaired) electrons. The van der Waals surface area contributed by atoms with Crippen LogP contribution in [0.3, 0.4) is 0 Å². The molecule has 0 bridgehead atoms. The van der Waals surface area contributed by atoms with Crippen LogP contribution in [-0.2, 0) is 16.1 Å². The van der Waals surface area contributed by atoms with Gasteiger partial charge >= 0.3 is 5.97 Å². The molecule has 0 saturated heterocycles. The molecule has 0 aliphatic heterocycles. The number of carbonyl (C=O) groups excluding carboxylic acids is 2. The van der Waals surface area contributed by atoms with Gasteiger partial charge in [0.1, 0.15) is 5.75 Å². The highest BCUT2D eigenvalue weighted by atomic mass is 32.1. The highest BCUT2D eigenvalue weighted by Crippen LogP contribution is 2.20. The van der Waals surface area contributed by atoms with Crippen molar-refractivity contribution in [2.24, 2.45) is 4.99 Å². The Kier molecular flexibility index (Phi) is 5.71. The number of thiazole rings is 1. The maximum atomic E-state index is 12.6. The fourth-order valence-electron chi connectivity index (χ4n) is 2.67. The average Bonchev–Trinajstić information content (AvgIpc) is 3.01. The van der Waals surface area contributed by atoms with Crippen LogP contribution in [0.1, 0.15) is 22.3 Å². The molecule has 0 spiro atoms. The second-order valence-electron chi connectivity index (χ2n) is 5.98. The summed E-state index contributed by atoms with van der Waals surface area (Å²) in [6.45, 7) is 2.40. The second-order valence-corrected chi connectivity index (χ2v) is 6.99. The number of fused-ring (bicyclic) bond motifs is 1. The SMILES string of the molecule is COC(=O)CCn1c(=NC(=O)c2ccc(OC)cc2)sc2cc(C)ccc21. The highest BCUT2D eigenvalue weighted by molar-refractivity contribution is 7.16. The van der Waals surface area contributed by atoms with E-state index in [1.165, 1.54) is 18.4 Å². The van der Waals surface area contributed by atoms with Crippen LogP contribution in [0.2, 0.25) is 0 Å². The van der Waals surface area contributed by atoms with Crippen LogP contribution in [0.25, 0.3) is 10.2 Å². The first-order chi connectivity index (χ1) is 13.0. The van der Waals surface area contributed by atoms with Crippen LogP contribution < -0.4 is 9.54 Å². The molecule has 0 aliphatic rings. The summed E-state index contributed by atoms with van der Waals surface area (Å²) < 4.78 is 12.7. The predicted octanol–water partition coefficient (Wildman–Crippen LogP) is 3.32. The lowest BCUT2D eigenvalue weighted by atomic mass is 10.2. The number of nitrogens with zero attached hydrogens (tertiary/aromatic N) is 2. The van der Waals surface area contributed by atoms with Gasteiger partial charge in [-0.05, 0) is 48.9 Å². The van der Waals surface area contributed by atoms with Crippen LogP contribution in [0.4, 0.5) is 0 Å². The van der Waals surface area contributed by atoms with Crippen LogP contribution in [0.5, 0.6) is 5.75 Å². The zero-order valence-corrected chi connectivity index (χ0v) is 16.2. The van der Waals surface area contributed by atoms with Crippen molar-refractivity contribution in [1.29, 1.82) is 0 Å². The standard InChI is InChI=1S/C20H20N2O4S/c1-13-4-9-16-17(12-13)27-20(22(16)11-10-18(23)26-3)21-19(24)14-5-7-15(25-2)8-6-14/h4-9,12H,10-11H2,1-3H3. The third-order valence-electron chi connectivity index (χ3n) is 4.14. The lowest BCUT2D eigenvalue weighted by molar-refractivity contribution is -0.140. The molecule has 140 valence electrons. The third kappa shape index (κ3) is 4.25. The number of amides is 1. The van der Waals surface area contributed by atoms with Gasteiger partial charge in [0.2, 0.25) is 0 Å². The minimum atomic E-state index is -0.340. The Balaban J connectivity index is 2.03. The molecule has 7 heteroatoms. The number of aryl methyl sites for hydroxylation is 2. The van der Waals surface area contributed by atoms with Crippen molar-refractivity contribution in [3.8, 4) is 5.75 Å². The van der Waals surface area contributed by atoms with Gasteiger partial charge in [-0.1, -0.05) is 17.4 Å². The summed E-state index contributed by atoms with van der Waals surface area (Å²) >= 11 is 1.43. The van der Waals surface area contributed by atoms with Gasteiger partial charge in [-0.3, -0.25) is 9.59 Å². The van der Waals surface area contributed by atoms with Crippen molar-refractivity contribution in [3.05, 3.63) is 58.4 Å². The van der Waals surface area contributed by atoms with Gasteiger partial charge in [0.25, 0.3) is 5.91 Å². The van der Waals surface area contributed by atoms with Crippen molar-refractivity contribution >= 4 is 33.4 Å². The van der Waals surface area contributed by atoms with E-state index in [1.54, 1.807) is 31.4 Å². The molecule has 0 aliphatic carbocycles. The number of carbonyl (C=O) groups is 2. The topological polar surface area (TPSA) is 69.9 Å². The molecular weight excluding hydrogens is 364 g/mol. The normalized spacial score (nSPS) is 11.6. The molecule has 1 amide bonds. The summed E-state index contributed by atoms with van der Waals surface area (Å²) in [4.78, 5) is 29.0. The summed E-state index contributed by atoms with van der Waals surface area (Å²) in [5.74, 6) is 0.0335. The summed E-state index contributed by atoms with van der Waals surface area (Å²) in [5.41, 5.74) is 2.54. The molecule has 0 atom stereocenters. The first kappa shape index (κ1) is 18.8. The van der Waals surface area contributed by atoms with Gasteiger partial charge in [0.15, 0.2) is 4.80 Å². The first-order valence-electron chi connectivity index (χ1n) is 8.41. The summed E-state index contributed by atoms with van der Waals surface area (Å²) in [6.07, 6.45) is 0.208. The van der Waals surface area contributed by atoms with E-state index < -0.39 is 0 Å². The lowest BCUT2D eigenvalue weighted by Gasteiger charge is -2.05. The number of benzene rings is 2. The van der Waals surface area contributed by atoms with Gasteiger partial charge in [-0.15, -0.1) is 0 Å². The molecule has 0 unspecified atom stereocenters. The number of hydrogen-bond acceptors (Lipinski definition) is 5. The predicted molar refractivity (Wildman–Crippen MR) is 104 cm³/mol. The van der Waals surface area contributed by atoms with Crippen LogP contribution in [-0.4, -0.2) is 30.7 Å². The molecule has 27 heavy (non-hydrogen) atoms. The molecule has 0 fully saturated rings.